The summed E-state index contributed by atoms with van der Waals surface area (Å²) in [7, 11) is 0. The molecule has 0 heterocycles. The van der Waals surface area contributed by atoms with Crippen LogP contribution in [0.25, 0.3) is 11.1 Å². The Morgan fingerprint density at radius 1 is 0.900 bits per heavy atom. The van der Waals surface area contributed by atoms with E-state index in [4.69, 9.17) is 15.2 Å². The second-order valence-corrected chi connectivity index (χ2v) is 7.62. The van der Waals surface area contributed by atoms with Gasteiger partial charge in [0, 0.05) is 5.92 Å². The van der Waals surface area contributed by atoms with Crippen LogP contribution in [0.5, 0.6) is 0 Å². The summed E-state index contributed by atoms with van der Waals surface area (Å²) in [5.41, 5.74) is 11.9. The van der Waals surface area contributed by atoms with Gasteiger partial charge < -0.3 is 15.2 Å². The van der Waals surface area contributed by atoms with Crippen LogP contribution in [-0.4, -0.2) is 18.8 Å². The molecule has 4 nitrogen and oxygen atoms in total. The molecule has 2 N–H and O–H groups in total. The molecule has 2 atom stereocenters. The van der Waals surface area contributed by atoms with Crippen molar-refractivity contribution < 1.29 is 14.3 Å². The van der Waals surface area contributed by atoms with Crippen molar-refractivity contribution in [3.8, 4) is 11.1 Å². The highest BCUT2D eigenvalue weighted by Crippen LogP contribution is 2.44. The summed E-state index contributed by atoms with van der Waals surface area (Å²) in [5, 5.41) is 0. The zero-order valence-corrected chi connectivity index (χ0v) is 16.9. The molecule has 4 rings (SSSR count). The number of carbonyl (C=O) groups is 1. The quantitative estimate of drug-likeness (QED) is 0.440. The zero-order chi connectivity index (χ0) is 20.9. The van der Waals surface area contributed by atoms with Crippen molar-refractivity contribution in [2.24, 2.45) is 11.7 Å². The minimum atomic E-state index is -0.581. The summed E-state index contributed by atoms with van der Waals surface area (Å²) >= 11 is 0. The molecule has 30 heavy (non-hydrogen) atoms. The summed E-state index contributed by atoms with van der Waals surface area (Å²) in [6, 6.07) is 26.3. The number of nitrogens with two attached hydrogens (primary N) is 1. The molecule has 3 aromatic rings. The third kappa shape index (κ3) is 4.45. The van der Waals surface area contributed by atoms with E-state index in [1.54, 1.807) is 0 Å². The number of fused-ring (bicyclic) bond motifs is 3. The standard InChI is InChI=1S/C26H26NO3/c1-18(15-25(27)29-16-19-9-3-2-4-10-19)26(28)30-17-24-22-13-7-5-11-20(22)21-12-6-8-14-23(21)24/h2-14,18,24-25H,1,15-17,27H2. The van der Waals surface area contributed by atoms with Crippen molar-refractivity contribution >= 4 is 5.97 Å². The Morgan fingerprint density at radius 2 is 1.47 bits per heavy atom. The number of esters is 1. The Labute approximate surface area is 177 Å². The number of ether oxygens (including phenoxy) is 2. The smallest absolute Gasteiger partial charge is 0.309 e. The molecule has 0 saturated carbocycles. The minimum Gasteiger partial charge on any atom is -0.464 e. The van der Waals surface area contributed by atoms with Gasteiger partial charge in [-0.1, -0.05) is 78.9 Å². The van der Waals surface area contributed by atoms with Gasteiger partial charge in [0.15, 0.2) is 0 Å². The molecule has 0 aromatic heterocycles. The van der Waals surface area contributed by atoms with E-state index >= 15 is 0 Å². The van der Waals surface area contributed by atoms with E-state index in [1.807, 2.05) is 54.6 Å². The van der Waals surface area contributed by atoms with Crippen molar-refractivity contribution in [1.82, 2.24) is 0 Å². The molecule has 1 radical (unpaired) electrons. The van der Waals surface area contributed by atoms with Crippen molar-refractivity contribution in [1.29, 1.82) is 0 Å². The maximum absolute atomic E-state index is 12.5. The molecule has 0 bridgehead atoms. The van der Waals surface area contributed by atoms with E-state index in [-0.39, 0.29) is 11.9 Å². The maximum Gasteiger partial charge on any atom is 0.309 e. The zero-order valence-electron chi connectivity index (χ0n) is 16.9. The Bertz CT molecular complexity index is 956. The lowest BCUT2D eigenvalue weighted by atomic mass is 9.98. The molecule has 1 aliphatic rings. The van der Waals surface area contributed by atoms with Crippen molar-refractivity contribution in [2.45, 2.75) is 25.2 Å². The number of hydrogen-bond donors (Lipinski definition) is 1. The first-order chi connectivity index (χ1) is 14.6. The summed E-state index contributed by atoms with van der Waals surface area (Å²) in [6.07, 6.45) is -0.267. The number of rotatable bonds is 8. The van der Waals surface area contributed by atoms with Gasteiger partial charge in [-0.15, -0.1) is 0 Å². The number of benzene rings is 3. The number of carbonyl (C=O) groups excluding carboxylic acids is 1. The molecule has 1 aliphatic carbocycles. The first kappa shape index (κ1) is 20.3. The first-order valence-corrected chi connectivity index (χ1v) is 10.2. The minimum absolute atomic E-state index is 0.0385. The molecule has 2 unspecified atom stereocenters. The lowest BCUT2D eigenvalue weighted by molar-refractivity contribution is -0.148. The van der Waals surface area contributed by atoms with Gasteiger partial charge in [-0.2, -0.15) is 0 Å². The second-order valence-electron chi connectivity index (χ2n) is 7.62. The van der Waals surface area contributed by atoms with E-state index in [1.165, 1.54) is 22.3 Å². The fourth-order valence-electron chi connectivity index (χ4n) is 3.94. The van der Waals surface area contributed by atoms with Crippen LogP contribution < -0.4 is 5.73 Å². The third-order valence-electron chi connectivity index (χ3n) is 5.51. The van der Waals surface area contributed by atoms with Crippen molar-refractivity contribution in [3.63, 3.8) is 0 Å². The normalized spacial score (nSPS) is 14.6. The maximum atomic E-state index is 12.5. The monoisotopic (exact) mass is 400 g/mol. The van der Waals surface area contributed by atoms with Crippen LogP contribution >= 0.6 is 0 Å². The Kier molecular flexibility index (Phi) is 6.26. The lowest BCUT2D eigenvalue weighted by Crippen LogP contribution is -2.30. The van der Waals surface area contributed by atoms with Crippen LogP contribution in [0.3, 0.4) is 0 Å². The molecule has 0 aliphatic heterocycles. The molecular formula is C26H26NO3. The van der Waals surface area contributed by atoms with Crippen molar-refractivity contribution in [3.05, 3.63) is 102 Å². The van der Waals surface area contributed by atoms with Gasteiger partial charge in [0.1, 0.15) is 12.8 Å². The van der Waals surface area contributed by atoms with Crippen molar-refractivity contribution in [2.75, 3.05) is 6.61 Å². The highest BCUT2D eigenvalue weighted by molar-refractivity contribution is 5.79. The van der Waals surface area contributed by atoms with Gasteiger partial charge in [-0.3, -0.25) is 4.79 Å². The van der Waals surface area contributed by atoms with Gasteiger partial charge in [-0.25, -0.2) is 0 Å². The van der Waals surface area contributed by atoms with E-state index in [0.717, 1.165) is 5.56 Å². The van der Waals surface area contributed by atoms with Gasteiger partial charge >= 0.3 is 5.97 Å². The molecule has 0 spiro atoms. The predicted octanol–water partition coefficient (Wildman–Crippen LogP) is 4.68. The van der Waals surface area contributed by atoms with E-state index < -0.39 is 12.1 Å². The Balaban J connectivity index is 1.32. The molecule has 153 valence electrons. The molecule has 4 heteroatoms. The Morgan fingerprint density at radius 3 is 2.10 bits per heavy atom. The van der Waals surface area contributed by atoms with Crippen LogP contribution in [0, 0.1) is 12.8 Å². The van der Waals surface area contributed by atoms with E-state index in [0.29, 0.717) is 19.6 Å². The molecule has 0 saturated heterocycles. The van der Waals surface area contributed by atoms with Gasteiger partial charge in [0.2, 0.25) is 0 Å². The van der Waals surface area contributed by atoms with E-state index in [2.05, 4.69) is 31.2 Å². The predicted molar refractivity (Wildman–Crippen MR) is 117 cm³/mol. The molecule has 0 fully saturated rings. The largest absolute Gasteiger partial charge is 0.464 e. The summed E-state index contributed by atoms with van der Waals surface area (Å²) < 4.78 is 11.3. The van der Waals surface area contributed by atoms with Crippen LogP contribution in [0.15, 0.2) is 78.9 Å². The van der Waals surface area contributed by atoms with Crippen LogP contribution in [-0.2, 0) is 20.9 Å². The highest BCUT2D eigenvalue weighted by atomic mass is 16.5. The van der Waals surface area contributed by atoms with Crippen LogP contribution in [0.1, 0.15) is 29.0 Å². The fraction of sp³-hybridized carbons (Fsp3) is 0.231. The van der Waals surface area contributed by atoms with Gasteiger partial charge in [-0.05, 0) is 41.2 Å². The fourth-order valence-corrected chi connectivity index (χ4v) is 3.94. The lowest BCUT2D eigenvalue weighted by Gasteiger charge is -2.19. The Hall–Kier alpha value is -2.95. The number of hydrogen-bond acceptors (Lipinski definition) is 4. The SMILES string of the molecule is [CH2]C(CC(N)OCc1ccccc1)C(=O)OCC1c2ccccc2-c2ccccc21. The van der Waals surface area contributed by atoms with Crippen LogP contribution in [0.4, 0.5) is 0 Å². The second kappa shape index (κ2) is 9.24. The van der Waals surface area contributed by atoms with Crippen LogP contribution in [0.2, 0.25) is 0 Å². The van der Waals surface area contributed by atoms with Gasteiger partial charge in [0.05, 0.1) is 12.5 Å². The first-order valence-electron chi connectivity index (χ1n) is 10.2. The van der Waals surface area contributed by atoms with E-state index in [9.17, 15) is 4.79 Å². The third-order valence-corrected chi connectivity index (χ3v) is 5.51. The van der Waals surface area contributed by atoms with Gasteiger partial charge in [0.25, 0.3) is 0 Å². The highest BCUT2D eigenvalue weighted by Gasteiger charge is 2.29. The molecule has 0 amide bonds. The average Bonchev–Trinajstić information content (AvgIpc) is 3.10. The summed E-state index contributed by atoms with van der Waals surface area (Å²) in [4.78, 5) is 12.5. The topological polar surface area (TPSA) is 61.5 Å². The molecular weight excluding hydrogens is 374 g/mol. The summed E-state index contributed by atoms with van der Waals surface area (Å²) in [5.74, 6) is -0.894. The summed E-state index contributed by atoms with van der Waals surface area (Å²) in [6.45, 7) is 4.63. The average molecular weight is 400 g/mol. The molecule has 3 aromatic carbocycles.